The van der Waals surface area contributed by atoms with Gasteiger partial charge in [-0.25, -0.2) is 30.7 Å². The first kappa shape index (κ1) is 33.5. The second-order valence-electron chi connectivity index (χ2n) is 8.03. The molecule has 36 heavy (non-hydrogen) atoms. The maximum atomic E-state index is 13.9. The maximum absolute atomic E-state index is 13.9. The van der Waals surface area contributed by atoms with E-state index in [-0.39, 0.29) is 5.75 Å². The molecular formula is C28H37F7O. The van der Waals surface area contributed by atoms with E-state index in [1.54, 1.807) is 6.92 Å². The van der Waals surface area contributed by atoms with Crippen molar-refractivity contribution >= 4 is 0 Å². The quantitative estimate of drug-likeness (QED) is 0.187. The minimum atomic E-state index is -3.16. The minimum absolute atomic E-state index is 0.0404. The molecule has 2 rings (SSSR count). The van der Waals surface area contributed by atoms with Gasteiger partial charge in [0.1, 0.15) is 17.4 Å². The SMILES string of the molecule is C/C=C(\C=C/CC1CCCC1)C(C)/C=C(F)\C(=C(/C)F)C(F)F.CC.COc1cc(F)c(F)c(F)c1. The van der Waals surface area contributed by atoms with Crippen molar-refractivity contribution in [1.82, 2.24) is 0 Å². The fraction of sp³-hybridized carbons (Fsp3) is 0.500. The van der Waals surface area contributed by atoms with Crippen molar-refractivity contribution in [3.63, 3.8) is 0 Å². The summed E-state index contributed by atoms with van der Waals surface area (Å²) < 4.78 is 93.8. The number of rotatable bonds is 8. The van der Waals surface area contributed by atoms with Crippen LogP contribution in [-0.2, 0) is 0 Å². The minimum Gasteiger partial charge on any atom is -0.497 e. The van der Waals surface area contributed by atoms with Crippen LogP contribution >= 0.6 is 0 Å². The van der Waals surface area contributed by atoms with Crippen LogP contribution in [0.2, 0.25) is 0 Å². The van der Waals surface area contributed by atoms with Crippen molar-refractivity contribution in [2.24, 2.45) is 11.8 Å². The predicted molar refractivity (Wildman–Crippen MR) is 132 cm³/mol. The van der Waals surface area contributed by atoms with Gasteiger partial charge in [0, 0.05) is 18.1 Å². The molecule has 1 fully saturated rings. The Morgan fingerprint density at radius 1 is 1.06 bits per heavy atom. The van der Waals surface area contributed by atoms with Gasteiger partial charge >= 0.3 is 0 Å². The lowest BCUT2D eigenvalue weighted by Gasteiger charge is -2.11. The van der Waals surface area contributed by atoms with Crippen LogP contribution in [0, 0.1) is 29.3 Å². The number of alkyl halides is 2. The van der Waals surface area contributed by atoms with Gasteiger partial charge in [0.2, 0.25) is 0 Å². The zero-order chi connectivity index (χ0) is 27.8. The molecule has 0 saturated heterocycles. The third-order valence-electron chi connectivity index (χ3n) is 5.55. The molecule has 204 valence electrons. The fourth-order valence-electron chi connectivity index (χ4n) is 3.63. The number of methoxy groups -OCH3 is 1. The van der Waals surface area contributed by atoms with E-state index in [4.69, 9.17) is 0 Å². The predicted octanol–water partition coefficient (Wildman–Crippen LogP) is 10.2. The van der Waals surface area contributed by atoms with Crippen molar-refractivity contribution in [2.45, 2.75) is 73.1 Å². The monoisotopic (exact) mass is 522 g/mol. The zero-order valence-electron chi connectivity index (χ0n) is 21.8. The van der Waals surface area contributed by atoms with Gasteiger partial charge in [-0.1, -0.05) is 64.7 Å². The molecule has 1 saturated carbocycles. The van der Waals surface area contributed by atoms with Crippen LogP contribution in [0.5, 0.6) is 5.75 Å². The zero-order valence-corrected chi connectivity index (χ0v) is 21.8. The highest BCUT2D eigenvalue weighted by Crippen LogP contribution is 2.29. The summed E-state index contributed by atoms with van der Waals surface area (Å²) in [6, 6.07) is 1.55. The molecule has 0 spiro atoms. The number of halogens is 7. The fourth-order valence-corrected chi connectivity index (χ4v) is 3.63. The third-order valence-corrected chi connectivity index (χ3v) is 5.55. The lowest BCUT2D eigenvalue weighted by molar-refractivity contribution is 0.183. The molecule has 0 amide bonds. The summed E-state index contributed by atoms with van der Waals surface area (Å²) in [6.45, 7) is 8.38. The molecule has 0 heterocycles. The van der Waals surface area contributed by atoms with Crippen molar-refractivity contribution in [1.29, 1.82) is 0 Å². The Morgan fingerprint density at radius 3 is 2.00 bits per heavy atom. The molecule has 1 atom stereocenters. The molecule has 8 heteroatoms. The number of hydrogen-bond donors (Lipinski definition) is 0. The van der Waals surface area contributed by atoms with Crippen molar-refractivity contribution < 1.29 is 35.5 Å². The van der Waals surface area contributed by atoms with E-state index >= 15 is 0 Å². The lowest BCUT2D eigenvalue weighted by atomic mass is 9.96. The molecule has 1 aliphatic rings. The number of ether oxygens (including phenoxy) is 1. The first-order valence-corrected chi connectivity index (χ1v) is 12.0. The van der Waals surface area contributed by atoms with Crippen LogP contribution in [0.1, 0.15) is 66.7 Å². The van der Waals surface area contributed by atoms with Crippen LogP contribution in [0.3, 0.4) is 0 Å². The molecule has 0 bridgehead atoms. The van der Waals surface area contributed by atoms with Gasteiger partial charge < -0.3 is 4.74 Å². The number of allylic oxidation sites excluding steroid dienone is 8. The van der Waals surface area contributed by atoms with E-state index in [9.17, 15) is 30.7 Å². The van der Waals surface area contributed by atoms with Gasteiger partial charge in [-0.15, -0.1) is 0 Å². The summed E-state index contributed by atoms with van der Waals surface area (Å²) in [5.74, 6) is -6.06. The van der Waals surface area contributed by atoms with Gasteiger partial charge in [-0.2, -0.15) is 0 Å². The first-order valence-electron chi connectivity index (χ1n) is 12.0. The molecule has 1 aromatic carbocycles. The largest absolute Gasteiger partial charge is 0.497 e. The third kappa shape index (κ3) is 11.5. The van der Waals surface area contributed by atoms with Crippen LogP contribution in [0.4, 0.5) is 30.7 Å². The van der Waals surface area contributed by atoms with Crippen molar-refractivity contribution in [2.75, 3.05) is 7.11 Å². The lowest BCUT2D eigenvalue weighted by Crippen LogP contribution is -2.02. The Kier molecular flexibility index (Phi) is 16.6. The van der Waals surface area contributed by atoms with Crippen molar-refractivity contribution in [3.05, 3.63) is 76.7 Å². The van der Waals surface area contributed by atoms with Gasteiger partial charge in [0.05, 0.1) is 12.7 Å². The van der Waals surface area contributed by atoms with E-state index in [2.05, 4.69) is 10.8 Å². The second-order valence-corrected chi connectivity index (χ2v) is 8.03. The van der Waals surface area contributed by atoms with Crippen LogP contribution in [-0.4, -0.2) is 13.5 Å². The van der Waals surface area contributed by atoms with Gasteiger partial charge in [0.15, 0.2) is 17.5 Å². The molecule has 1 aliphatic carbocycles. The van der Waals surface area contributed by atoms with Crippen LogP contribution in [0.15, 0.2) is 59.2 Å². The smallest absolute Gasteiger partial charge is 0.269 e. The Balaban J connectivity index is 0.000000784. The first-order chi connectivity index (χ1) is 17.0. The van der Waals surface area contributed by atoms with Crippen LogP contribution < -0.4 is 4.74 Å². The van der Waals surface area contributed by atoms with E-state index in [1.807, 2.05) is 32.9 Å². The molecule has 1 aromatic rings. The average molecular weight is 523 g/mol. The highest BCUT2D eigenvalue weighted by atomic mass is 19.3. The average Bonchev–Trinajstić information content (AvgIpc) is 3.34. The second kappa shape index (κ2) is 17.8. The van der Waals surface area contributed by atoms with E-state index in [0.29, 0.717) is 0 Å². The molecular weight excluding hydrogens is 485 g/mol. The van der Waals surface area contributed by atoms with Crippen molar-refractivity contribution in [3.8, 4) is 5.75 Å². The molecule has 0 aromatic heterocycles. The summed E-state index contributed by atoms with van der Waals surface area (Å²) in [7, 11) is 1.24. The summed E-state index contributed by atoms with van der Waals surface area (Å²) in [5, 5.41) is 0. The Hall–Kier alpha value is -2.51. The van der Waals surface area contributed by atoms with E-state index in [1.165, 1.54) is 32.8 Å². The molecule has 0 aliphatic heterocycles. The summed E-state index contributed by atoms with van der Waals surface area (Å²) in [5.41, 5.74) is -0.314. The topological polar surface area (TPSA) is 9.23 Å². The standard InChI is InChI=1S/C19H26F4.C7H5F3O.C2H6/c1-4-16(11-7-10-15-8-5-6-9-15)13(2)12-17(21)18(14(3)20)19(22)23;1-11-4-2-5(8)7(10)6(9)3-4;1-2/h4,7,11-13,15,19H,5-6,8-10H2,1-3H3;2-3H,1H3;1-2H3/b11-7-,16-4+,17-12+,18-14-;;. The summed E-state index contributed by atoms with van der Waals surface area (Å²) in [4.78, 5) is 0. The van der Waals surface area contributed by atoms with Gasteiger partial charge in [0.25, 0.3) is 6.43 Å². The molecule has 1 unspecified atom stereocenters. The van der Waals surface area contributed by atoms with Gasteiger partial charge in [-0.05, 0) is 37.8 Å². The Bertz CT molecular complexity index is 883. The summed E-state index contributed by atoms with van der Waals surface area (Å²) in [6.07, 6.45) is 9.76. The summed E-state index contributed by atoms with van der Waals surface area (Å²) >= 11 is 0. The number of hydrogen-bond acceptors (Lipinski definition) is 1. The molecule has 0 radical (unpaired) electrons. The van der Waals surface area contributed by atoms with Gasteiger partial charge in [-0.3, -0.25) is 0 Å². The van der Waals surface area contributed by atoms with Crippen LogP contribution in [0.25, 0.3) is 0 Å². The Labute approximate surface area is 210 Å². The highest BCUT2D eigenvalue weighted by Gasteiger charge is 2.21. The highest BCUT2D eigenvalue weighted by molar-refractivity contribution is 5.33. The number of benzene rings is 1. The molecule has 1 nitrogen and oxygen atoms in total. The Morgan fingerprint density at radius 2 is 1.58 bits per heavy atom. The molecule has 0 N–H and O–H groups in total. The van der Waals surface area contributed by atoms with E-state index < -0.39 is 47.0 Å². The maximum Gasteiger partial charge on any atom is 0.269 e. The van der Waals surface area contributed by atoms with E-state index in [0.717, 1.165) is 43.0 Å². The normalized spacial score (nSPS) is 16.3.